The number of ether oxygens (including phenoxy) is 2. The molecule has 0 radical (unpaired) electrons. The number of hydrogen-bond donors (Lipinski definition) is 1. The summed E-state index contributed by atoms with van der Waals surface area (Å²) in [4.78, 5) is 38.4. The minimum absolute atomic E-state index is 0.244. The Labute approximate surface area is 183 Å². The standard InChI is InChI=1S/C21H19ClN2O5S/c1-3-29-15-6-4-5-13(9-15)10-18-20(26)24(21(27)30-18)12-19(25)23-14-7-8-17(28-2)16(22)11-14/h4-11H,3,12H2,1-2H3,(H,23,25)/b18-10-. The summed E-state index contributed by atoms with van der Waals surface area (Å²) in [5.41, 5.74) is 1.16. The molecule has 7 nitrogen and oxygen atoms in total. The van der Waals surface area contributed by atoms with Crippen molar-refractivity contribution >= 4 is 52.2 Å². The zero-order valence-corrected chi connectivity index (χ0v) is 17.9. The molecule has 0 atom stereocenters. The maximum absolute atomic E-state index is 12.6. The molecule has 1 fully saturated rings. The average Bonchev–Trinajstić information content (AvgIpc) is 2.96. The summed E-state index contributed by atoms with van der Waals surface area (Å²) >= 11 is 6.83. The molecule has 0 aromatic heterocycles. The Morgan fingerprint density at radius 1 is 1.23 bits per heavy atom. The summed E-state index contributed by atoms with van der Waals surface area (Å²) in [5.74, 6) is 0.106. The highest BCUT2D eigenvalue weighted by atomic mass is 35.5. The Kier molecular flexibility index (Phi) is 7.02. The van der Waals surface area contributed by atoms with Crippen LogP contribution in [0, 0.1) is 0 Å². The van der Waals surface area contributed by atoms with E-state index in [9.17, 15) is 14.4 Å². The number of hydrogen-bond acceptors (Lipinski definition) is 6. The SMILES string of the molecule is CCOc1cccc(/C=C2\SC(=O)N(CC(=O)Nc3ccc(OC)c(Cl)c3)C2=O)c1. The van der Waals surface area contributed by atoms with Crippen molar-refractivity contribution < 1.29 is 23.9 Å². The van der Waals surface area contributed by atoms with Crippen LogP contribution in [0.4, 0.5) is 10.5 Å². The van der Waals surface area contributed by atoms with E-state index in [4.69, 9.17) is 21.1 Å². The van der Waals surface area contributed by atoms with E-state index in [1.165, 1.54) is 13.2 Å². The van der Waals surface area contributed by atoms with E-state index in [0.29, 0.717) is 28.8 Å². The van der Waals surface area contributed by atoms with Gasteiger partial charge >= 0.3 is 0 Å². The molecule has 3 amide bonds. The summed E-state index contributed by atoms with van der Waals surface area (Å²) in [5, 5.41) is 2.45. The van der Waals surface area contributed by atoms with Crippen LogP contribution in [0.2, 0.25) is 5.02 Å². The molecule has 156 valence electrons. The normalized spacial score (nSPS) is 14.9. The number of carbonyl (C=O) groups excluding carboxylic acids is 3. The van der Waals surface area contributed by atoms with Crippen LogP contribution >= 0.6 is 23.4 Å². The van der Waals surface area contributed by atoms with Crippen molar-refractivity contribution in [2.45, 2.75) is 6.92 Å². The van der Waals surface area contributed by atoms with Crippen molar-refractivity contribution in [2.75, 3.05) is 25.6 Å². The first-order valence-corrected chi connectivity index (χ1v) is 10.2. The van der Waals surface area contributed by atoms with E-state index in [-0.39, 0.29) is 4.91 Å². The topological polar surface area (TPSA) is 84.9 Å². The molecule has 1 aliphatic rings. The fourth-order valence-corrected chi connectivity index (χ4v) is 3.83. The molecule has 30 heavy (non-hydrogen) atoms. The van der Waals surface area contributed by atoms with Crippen LogP contribution < -0.4 is 14.8 Å². The molecule has 1 heterocycles. The second-order valence-electron chi connectivity index (χ2n) is 6.17. The molecule has 0 saturated carbocycles. The lowest BCUT2D eigenvalue weighted by Gasteiger charge is -2.13. The van der Waals surface area contributed by atoms with Gasteiger partial charge in [-0.25, -0.2) is 0 Å². The van der Waals surface area contributed by atoms with Gasteiger partial charge in [0.05, 0.1) is 23.6 Å². The monoisotopic (exact) mass is 446 g/mol. The third kappa shape index (κ3) is 5.14. The molecular weight excluding hydrogens is 428 g/mol. The molecule has 1 aliphatic heterocycles. The summed E-state index contributed by atoms with van der Waals surface area (Å²) in [7, 11) is 1.49. The number of halogens is 1. The van der Waals surface area contributed by atoms with Crippen LogP contribution in [-0.2, 0) is 9.59 Å². The van der Waals surface area contributed by atoms with Gasteiger partial charge in [0.15, 0.2) is 0 Å². The molecule has 0 aliphatic carbocycles. The number of benzene rings is 2. The van der Waals surface area contributed by atoms with Gasteiger partial charge in [0.25, 0.3) is 11.1 Å². The first kappa shape index (κ1) is 21.7. The Morgan fingerprint density at radius 2 is 2.03 bits per heavy atom. The van der Waals surface area contributed by atoms with Crippen LogP contribution in [0.1, 0.15) is 12.5 Å². The fourth-order valence-electron chi connectivity index (χ4n) is 2.74. The third-order valence-electron chi connectivity index (χ3n) is 4.08. The highest BCUT2D eigenvalue weighted by Crippen LogP contribution is 2.33. The predicted octanol–water partition coefficient (Wildman–Crippen LogP) is 4.42. The smallest absolute Gasteiger partial charge is 0.294 e. The predicted molar refractivity (Wildman–Crippen MR) is 117 cm³/mol. The molecule has 0 unspecified atom stereocenters. The first-order valence-electron chi connectivity index (χ1n) is 9.03. The van der Waals surface area contributed by atoms with Gasteiger partial charge in [-0.1, -0.05) is 23.7 Å². The van der Waals surface area contributed by atoms with Gasteiger partial charge < -0.3 is 14.8 Å². The summed E-state index contributed by atoms with van der Waals surface area (Å²) in [6.45, 7) is 2.00. The van der Waals surface area contributed by atoms with Gasteiger partial charge in [-0.3, -0.25) is 19.3 Å². The number of anilines is 1. The van der Waals surface area contributed by atoms with Crippen LogP contribution in [0.3, 0.4) is 0 Å². The van der Waals surface area contributed by atoms with Gasteiger partial charge in [0.1, 0.15) is 18.0 Å². The quantitative estimate of drug-likeness (QED) is 0.633. The van der Waals surface area contributed by atoms with Crippen LogP contribution in [0.5, 0.6) is 11.5 Å². The van der Waals surface area contributed by atoms with E-state index in [1.807, 2.05) is 13.0 Å². The molecule has 9 heteroatoms. The molecule has 3 rings (SSSR count). The maximum Gasteiger partial charge on any atom is 0.294 e. The second kappa shape index (κ2) is 9.69. The number of rotatable bonds is 7. The number of thioether (sulfide) groups is 1. The summed E-state index contributed by atoms with van der Waals surface area (Å²) < 4.78 is 10.5. The number of carbonyl (C=O) groups is 3. The van der Waals surface area contributed by atoms with E-state index in [1.54, 1.807) is 36.4 Å². The van der Waals surface area contributed by atoms with Crippen molar-refractivity contribution in [2.24, 2.45) is 0 Å². The summed E-state index contributed by atoms with van der Waals surface area (Å²) in [6, 6.07) is 11.9. The minimum atomic E-state index is -0.519. The fraction of sp³-hybridized carbons (Fsp3) is 0.190. The van der Waals surface area contributed by atoms with E-state index in [0.717, 1.165) is 22.2 Å². The Morgan fingerprint density at radius 3 is 2.73 bits per heavy atom. The molecule has 0 spiro atoms. The zero-order valence-electron chi connectivity index (χ0n) is 16.3. The lowest BCUT2D eigenvalue weighted by atomic mass is 10.2. The van der Waals surface area contributed by atoms with Crippen LogP contribution in [0.25, 0.3) is 6.08 Å². The van der Waals surface area contributed by atoms with E-state index in [2.05, 4.69) is 5.32 Å². The highest BCUT2D eigenvalue weighted by molar-refractivity contribution is 8.18. The number of nitrogens with zero attached hydrogens (tertiary/aromatic N) is 1. The number of imide groups is 1. The molecular formula is C21H19ClN2O5S. The molecule has 2 aromatic carbocycles. The second-order valence-corrected chi connectivity index (χ2v) is 7.57. The van der Waals surface area contributed by atoms with Gasteiger partial charge in [-0.2, -0.15) is 0 Å². The largest absolute Gasteiger partial charge is 0.495 e. The average molecular weight is 447 g/mol. The van der Waals surface area contributed by atoms with Crippen LogP contribution in [-0.4, -0.2) is 42.2 Å². The van der Waals surface area contributed by atoms with Crippen molar-refractivity contribution in [3.8, 4) is 11.5 Å². The Bertz CT molecular complexity index is 1020. The van der Waals surface area contributed by atoms with Crippen molar-refractivity contribution in [3.63, 3.8) is 0 Å². The first-order chi connectivity index (χ1) is 14.4. The molecule has 2 aromatic rings. The van der Waals surface area contributed by atoms with Crippen molar-refractivity contribution in [1.29, 1.82) is 0 Å². The Balaban J connectivity index is 1.68. The van der Waals surface area contributed by atoms with Gasteiger partial charge in [-0.05, 0) is 60.7 Å². The van der Waals surface area contributed by atoms with Crippen molar-refractivity contribution in [1.82, 2.24) is 4.90 Å². The van der Waals surface area contributed by atoms with Crippen molar-refractivity contribution in [3.05, 3.63) is 58.0 Å². The third-order valence-corrected chi connectivity index (χ3v) is 5.28. The molecule has 1 N–H and O–H groups in total. The van der Waals surface area contributed by atoms with Gasteiger partial charge in [0, 0.05) is 5.69 Å². The number of amides is 3. The Hall–Kier alpha value is -2.97. The van der Waals surface area contributed by atoms with Gasteiger partial charge in [-0.15, -0.1) is 0 Å². The minimum Gasteiger partial charge on any atom is -0.495 e. The molecule has 1 saturated heterocycles. The van der Waals surface area contributed by atoms with E-state index >= 15 is 0 Å². The maximum atomic E-state index is 12.6. The lowest BCUT2D eigenvalue weighted by molar-refractivity contribution is -0.127. The highest BCUT2D eigenvalue weighted by Gasteiger charge is 2.36. The number of methoxy groups -OCH3 is 1. The molecule has 0 bridgehead atoms. The lowest BCUT2D eigenvalue weighted by Crippen LogP contribution is -2.36. The van der Waals surface area contributed by atoms with Gasteiger partial charge in [0.2, 0.25) is 5.91 Å². The zero-order chi connectivity index (χ0) is 21.7. The van der Waals surface area contributed by atoms with Crippen LogP contribution in [0.15, 0.2) is 47.4 Å². The number of nitrogens with one attached hydrogen (secondary N) is 1. The van der Waals surface area contributed by atoms with E-state index < -0.39 is 23.6 Å². The summed E-state index contributed by atoms with van der Waals surface area (Å²) in [6.07, 6.45) is 1.61.